The van der Waals surface area contributed by atoms with Gasteiger partial charge in [0.1, 0.15) is 5.75 Å². The minimum Gasteiger partial charge on any atom is -0.495 e. The van der Waals surface area contributed by atoms with Gasteiger partial charge in [0.2, 0.25) is 0 Å². The number of nitrogens with zero attached hydrogens (tertiary/aromatic N) is 2. The third kappa shape index (κ3) is 3.52. The van der Waals surface area contributed by atoms with E-state index in [1.54, 1.807) is 13.4 Å². The van der Waals surface area contributed by atoms with Crippen LogP contribution in [0.4, 0.5) is 0 Å². The number of methoxy groups -OCH3 is 1. The summed E-state index contributed by atoms with van der Waals surface area (Å²) < 4.78 is 7.28. The minimum atomic E-state index is 0.0623. The highest BCUT2D eigenvalue weighted by Crippen LogP contribution is 2.27. The molecule has 0 fully saturated rings. The Morgan fingerprint density at radius 1 is 1.35 bits per heavy atom. The van der Waals surface area contributed by atoms with Crippen LogP contribution < -0.4 is 10.1 Å². The molecule has 0 aliphatic rings. The van der Waals surface area contributed by atoms with Crippen LogP contribution in [0, 0.1) is 0 Å². The monoisotopic (exact) mass is 293 g/mol. The lowest BCUT2D eigenvalue weighted by Gasteiger charge is -2.21. The van der Waals surface area contributed by atoms with Gasteiger partial charge in [0, 0.05) is 24.3 Å². The molecule has 0 aliphatic carbocycles. The molecular weight excluding hydrogens is 274 g/mol. The second-order valence-electron chi connectivity index (χ2n) is 5.68. The first-order valence-electron chi connectivity index (χ1n) is 6.51. The quantitative estimate of drug-likeness (QED) is 0.939. The molecule has 0 bridgehead atoms. The van der Waals surface area contributed by atoms with E-state index in [1.807, 2.05) is 29.0 Å². The Bertz CT molecular complexity index is 587. The minimum absolute atomic E-state index is 0.0623. The summed E-state index contributed by atoms with van der Waals surface area (Å²) in [5.41, 5.74) is 2.13. The maximum absolute atomic E-state index is 6.06. The zero-order valence-corrected chi connectivity index (χ0v) is 13.0. The number of rotatable bonds is 4. The third-order valence-electron chi connectivity index (χ3n) is 2.93. The molecule has 0 spiro atoms. The molecule has 1 N–H and O–H groups in total. The number of halogens is 1. The second-order valence-corrected chi connectivity index (χ2v) is 6.08. The van der Waals surface area contributed by atoms with E-state index in [4.69, 9.17) is 16.3 Å². The van der Waals surface area contributed by atoms with E-state index in [0.29, 0.717) is 10.8 Å². The number of aromatic nitrogens is 2. The summed E-state index contributed by atoms with van der Waals surface area (Å²) in [7, 11) is 1.61. The van der Waals surface area contributed by atoms with E-state index < -0.39 is 0 Å². The Hall–Kier alpha value is -1.52. The van der Waals surface area contributed by atoms with Crippen LogP contribution in [0.15, 0.2) is 30.7 Å². The third-order valence-corrected chi connectivity index (χ3v) is 3.24. The molecule has 0 atom stereocenters. The molecule has 2 rings (SSSR count). The molecule has 1 heterocycles. The summed E-state index contributed by atoms with van der Waals surface area (Å²) in [6.45, 7) is 7.16. The number of imidazole rings is 1. The van der Waals surface area contributed by atoms with Gasteiger partial charge in [0.05, 0.1) is 29.8 Å². The van der Waals surface area contributed by atoms with Gasteiger partial charge in [-0.05, 0) is 32.9 Å². The van der Waals surface area contributed by atoms with Gasteiger partial charge in [-0.15, -0.1) is 0 Å². The van der Waals surface area contributed by atoms with Gasteiger partial charge in [0.25, 0.3) is 0 Å². The highest BCUT2D eigenvalue weighted by molar-refractivity contribution is 6.32. The van der Waals surface area contributed by atoms with E-state index in [-0.39, 0.29) is 5.54 Å². The highest BCUT2D eigenvalue weighted by atomic mass is 35.5. The number of ether oxygens (including phenoxy) is 1. The van der Waals surface area contributed by atoms with Crippen molar-refractivity contribution < 1.29 is 4.74 Å². The Labute approximate surface area is 124 Å². The normalized spacial score (nSPS) is 11.7. The molecule has 20 heavy (non-hydrogen) atoms. The van der Waals surface area contributed by atoms with Crippen molar-refractivity contribution >= 4 is 11.6 Å². The zero-order valence-electron chi connectivity index (χ0n) is 12.3. The van der Waals surface area contributed by atoms with E-state index in [0.717, 1.165) is 17.9 Å². The van der Waals surface area contributed by atoms with Gasteiger partial charge >= 0.3 is 0 Å². The molecule has 1 aromatic carbocycles. The first-order chi connectivity index (χ1) is 9.40. The van der Waals surface area contributed by atoms with Crippen LogP contribution in [0.1, 0.15) is 26.5 Å². The van der Waals surface area contributed by atoms with Crippen LogP contribution in [0.3, 0.4) is 0 Å². The van der Waals surface area contributed by atoms with Gasteiger partial charge in [0.15, 0.2) is 0 Å². The SMILES string of the molecule is COc1cc(-n2cncc2CNC(C)(C)C)ccc1Cl. The summed E-state index contributed by atoms with van der Waals surface area (Å²) in [6, 6.07) is 5.69. The van der Waals surface area contributed by atoms with Crippen molar-refractivity contribution in [2.24, 2.45) is 0 Å². The average Bonchev–Trinajstić information content (AvgIpc) is 2.84. The van der Waals surface area contributed by atoms with Crippen LogP contribution in [0.5, 0.6) is 5.75 Å². The largest absolute Gasteiger partial charge is 0.495 e. The predicted octanol–water partition coefficient (Wildman–Crippen LogP) is 3.42. The highest BCUT2D eigenvalue weighted by Gasteiger charge is 2.12. The van der Waals surface area contributed by atoms with Crippen LogP contribution in [0.25, 0.3) is 5.69 Å². The van der Waals surface area contributed by atoms with Gasteiger partial charge in [-0.3, -0.25) is 0 Å². The first-order valence-corrected chi connectivity index (χ1v) is 6.88. The van der Waals surface area contributed by atoms with Crippen LogP contribution in [-0.2, 0) is 6.54 Å². The maximum atomic E-state index is 6.06. The van der Waals surface area contributed by atoms with E-state index in [2.05, 4.69) is 31.1 Å². The molecule has 2 aromatic rings. The lowest BCUT2D eigenvalue weighted by molar-refractivity contribution is 0.414. The zero-order chi connectivity index (χ0) is 14.8. The summed E-state index contributed by atoms with van der Waals surface area (Å²) in [5, 5.41) is 4.06. The molecule has 108 valence electrons. The summed E-state index contributed by atoms with van der Waals surface area (Å²) in [5.74, 6) is 0.660. The molecular formula is C15H20ClN3O. The Morgan fingerprint density at radius 2 is 2.10 bits per heavy atom. The maximum Gasteiger partial charge on any atom is 0.139 e. The van der Waals surface area contributed by atoms with Gasteiger partial charge < -0.3 is 14.6 Å². The standard InChI is InChI=1S/C15H20ClN3O/c1-15(2,3)18-9-12-8-17-10-19(12)11-5-6-13(16)14(7-11)20-4/h5-8,10,18H,9H2,1-4H3. The smallest absolute Gasteiger partial charge is 0.139 e. The molecule has 0 unspecified atom stereocenters. The Balaban J connectivity index is 2.27. The van der Waals surface area contributed by atoms with Crippen molar-refractivity contribution in [3.05, 3.63) is 41.4 Å². The fraction of sp³-hybridized carbons (Fsp3) is 0.400. The number of benzene rings is 1. The first kappa shape index (κ1) is 14.9. The van der Waals surface area contributed by atoms with Crippen molar-refractivity contribution in [3.63, 3.8) is 0 Å². The predicted molar refractivity (Wildman–Crippen MR) is 81.7 cm³/mol. The number of nitrogens with one attached hydrogen (secondary N) is 1. The summed E-state index contributed by atoms with van der Waals surface area (Å²) in [4.78, 5) is 4.23. The lowest BCUT2D eigenvalue weighted by atomic mass is 10.1. The molecule has 0 aliphatic heterocycles. The van der Waals surface area contributed by atoms with Crippen LogP contribution in [0.2, 0.25) is 5.02 Å². The molecule has 5 heteroatoms. The van der Waals surface area contributed by atoms with Gasteiger partial charge in [-0.2, -0.15) is 0 Å². The Kier molecular flexibility index (Phi) is 4.35. The molecule has 4 nitrogen and oxygen atoms in total. The van der Waals surface area contributed by atoms with E-state index in [1.165, 1.54) is 0 Å². The lowest BCUT2D eigenvalue weighted by Crippen LogP contribution is -2.35. The summed E-state index contributed by atoms with van der Waals surface area (Å²) >= 11 is 6.06. The van der Waals surface area contributed by atoms with Crippen LogP contribution in [-0.4, -0.2) is 22.2 Å². The molecule has 1 aromatic heterocycles. The fourth-order valence-electron chi connectivity index (χ4n) is 1.84. The van der Waals surface area contributed by atoms with Gasteiger partial charge in [-0.1, -0.05) is 11.6 Å². The van der Waals surface area contributed by atoms with Crippen molar-refractivity contribution in [3.8, 4) is 11.4 Å². The van der Waals surface area contributed by atoms with E-state index in [9.17, 15) is 0 Å². The average molecular weight is 294 g/mol. The Morgan fingerprint density at radius 3 is 2.75 bits per heavy atom. The molecule has 0 radical (unpaired) electrons. The topological polar surface area (TPSA) is 39.1 Å². The number of hydrogen-bond acceptors (Lipinski definition) is 3. The van der Waals surface area contributed by atoms with Gasteiger partial charge in [-0.25, -0.2) is 4.98 Å². The summed E-state index contributed by atoms with van der Waals surface area (Å²) in [6.07, 6.45) is 3.65. The van der Waals surface area contributed by atoms with Crippen molar-refractivity contribution in [1.29, 1.82) is 0 Å². The van der Waals surface area contributed by atoms with Crippen molar-refractivity contribution in [2.45, 2.75) is 32.9 Å². The molecule has 0 amide bonds. The van der Waals surface area contributed by atoms with Crippen LogP contribution >= 0.6 is 11.6 Å². The number of hydrogen-bond donors (Lipinski definition) is 1. The molecule has 0 saturated heterocycles. The van der Waals surface area contributed by atoms with Crippen molar-refractivity contribution in [2.75, 3.05) is 7.11 Å². The van der Waals surface area contributed by atoms with E-state index >= 15 is 0 Å². The second kappa shape index (κ2) is 5.85. The fourth-order valence-corrected chi connectivity index (χ4v) is 2.03. The van der Waals surface area contributed by atoms with Crippen molar-refractivity contribution in [1.82, 2.24) is 14.9 Å². The molecule has 0 saturated carbocycles.